The maximum atomic E-state index is 11.6. The van der Waals surface area contributed by atoms with Crippen molar-refractivity contribution in [2.75, 3.05) is 6.54 Å². The summed E-state index contributed by atoms with van der Waals surface area (Å²) < 4.78 is 0. The average Bonchev–Trinajstić information content (AvgIpc) is 2.49. The van der Waals surface area contributed by atoms with E-state index in [4.69, 9.17) is 0 Å². The molecule has 19 heavy (non-hydrogen) atoms. The fourth-order valence-corrected chi connectivity index (χ4v) is 2.23. The molecule has 2 N–H and O–H groups in total. The van der Waals surface area contributed by atoms with Crippen molar-refractivity contribution in [2.45, 2.75) is 0 Å². The molecule has 94 valence electrons. The summed E-state index contributed by atoms with van der Waals surface area (Å²) in [4.78, 5) is 11.6. The Bertz CT molecular complexity index is 618. The molecule has 0 radical (unpaired) electrons. The zero-order chi connectivity index (χ0) is 13.1. The molecule has 3 nitrogen and oxygen atoms in total. The van der Waals surface area contributed by atoms with Gasteiger partial charge in [-0.05, 0) is 11.1 Å². The third kappa shape index (κ3) is 2.36. The minimum atomic E-state index is -0.154. The monoisotopic (exact) mass is 250 g/mol. The molecule has 0 unspecified atom stereocenters. The van der Waals surface area contributed by atoms with E-state index in [9.17, 15) is 4.79 Å². The molecule has 2 aromatic rings. The van der Waals surface area contributed by atoms with Gasteiger partial charge < -0.3 is 10.6 Å². The number of nitrogens with one attached hydrogen (secondary N) is 2. The standard InChI is InChI=1S/C16H14N2O/c19-16-17-11-14(12-7-3-1-4-8-12)15(18-16)13-9-5-2-6-10-13/h1-10H,11H2,(H2,17,18,19). The van der Waals surface area contributed by atoms with E-state index in [1.54, 1.807) is 0 Å². The lowest BCUT2D eigenvalue weighted by molar-refractivity contribution is 0.245. The average molecular weight is 250 g/mol. The van der Waals surface area contributed by atoms with E-state index in [0.29, 0.717) is 6.54 Å². The van der Waals surface area contributed by atoms with Gasteiger partial charge in [0.1, 0.15) is 0 Å². The van der Waals surface area contributed by atoms with E-state index in [0.717, 1.165) is 22.4 Å². The Hall–Kier alpha value is -2.55. The van der Waals surface area contributed by atoms with Gasteiger partial charge in [-0.1, -0.05) is 60.7 Å². The molecule has 3 heteroatoms. The van der Waals surface area contributed by atoms with E-state index in [1.807, 2.05) is 48.5 Å². The predicted octanol–water partition coefficient (Wildman–Crippen LogP) is 2.87. The summed E-state index contributed by atoms with van der Waals surface area (Å²) in [7, 11) is 0. The first kappa shape index (κ1) is 11.5. The van der Waals surface area contributed by atoms with Gasteiger partial charge in [0.05, 0.1) is 5.70 Å². The van der Waals surface area contributed by atoms with Crippen LogP contribution in [0.1, 0.15) is 11.1 Å². The van der Waals surface area contributed by atoms with Gasteiger partial charge >= 0.3 is 6.03 Å². The molecule has 0 bridgehead atoms. The number of benzene rings is 2. The normalized spacial score (nSPS) is 14.8. The maximum Gasteiger partial charge on any atom is 0.319 e. The smallest absolute Gasteiger partial charge is 0.319 e. The molecule has 0 spiro atoms. The van der Waals surface area contributed by atoms with Crippen LogP contribution in [0.2, 0.25) is 0 Å². The number of rotatable bonds is 2. The SMILES string of the molecule is O=C1NCC(c2ccccc2)=C(c2ccccc2)N1. The van der Waals surface area contributed by atoms with Crippen LogP contribution in [-0.4, -0.2) is 12.6 Å². The highest BCUT2D eigenvalue weighted by molar-refractivity contribution is 6.01. The second kappa shape index (κ2) is 4.98. The lowest BCUT2D eigenvalue weighted by Crippen LogP contribution is -2.40. The van der Waals surface area contributed by atoms with Crippen molar-refractivity contribution in [3.8, 4) is 0 Å². The molecule has 2 aromatic carbocycles. The van der Waals surface area contributed by atoms with Crippen LogP contribution >= 0.6 is 0 Å². The van der Waals surface area contributed by atoms with Crippen LogP contribution in [0.4, 0.5) is 4.79 Å². The third-order valence-corrected chi connectivity index (χ3v) is 3.15. The molecule has 3 rings (SSSR count). The first-order chi connectivity index (χ1) is 9.34. The molecule has 0 saturated heterocycles. The lowest BCUT2D eigenvalue weighted by atomic mass is 9.98. The molecule has 1 aliphatic heterocycles. The van der Waals surface area contributed by atoms with Crippen LogP contribution in [-0.2, 0) is 0 Å². The van der Waals surface area contributed by atoms with Crippen LogP contribution in [0.3, 0.4) is 0 Å². The quantitative estimate of drug-likeness (QED) is 0.845. The third-order valence-electron chi connectivity index (χ3n) is 3.15. The molecule has 0 aromatic heterocycles. The van der Waals surface area contributed by atoms with E-state index >= 15 is 0 Å². The van der Waals surface area contributed by atoms with E-state index in [1.165, 1.54) is 0 Å². The van der Waals surface area contributed by atoms with Gasteiger partial charge in [-0.2, -0.15) is 0 Å². The minimum Gasteiger partial charge on any atom is -0.334 e. The molecule has 0 saturated carbocycles. The van der Waals surface area contributed by atoms with Crippen LogP contribution in [0.5, 0.6) is 0 Å². The number of carbonyl (C=O) groups is 1. The van der Waals surface area contributed by atoms with E-state index < -0.39 is 0 Å². The Morgan fingerprint density at radius 2 is 1.37 bits per heavy atom. The Balaban J connectivity index is 2.13. The van der Waals surface area contributed by atoms with Gasteiger partial charge in [0.15, 0.2) is 0 Å². The van der Waals surface area contributed by atoms with Gasteiger partial charge in [0.2, 0.25) is 0 Å². The number of hydrogen-bond acceptors (Lipinski definition) is 1. The van der Waals surface area contributed by atoms with Crippen molar-refractivity contribution in [3.63, 3.8) is 0 Å². The summed E-state index contributed by atoms with van der Waals surface area (Å²) in [5.74, 6) is 0. The van der Waals surface area contributed by atoms with Crippen LogP contribution in [0.25, 0.3) is 11.3 Å². The second-order valence-electron chi connectivity index (χ2n) is 4.39. The highest BCUT2D eigenvalue weighted by atomic mass is 16.2. The topological polar surface area (TPSA) is 41.1 Å². The van der Waals surface area contributed by atoms with Gasteiger partial charge in [0, 0.05) is 12.1 Å². The van der Waals surface area contributed by atoms with Crippen molar-refractivity contribution in [3.05, 3.63) is 71.8 Å². The molecular weight excluding hydrogens is 236 g/mol. The number of carbonyl (C=O) groups excluding carboxylic acids is 1. The van der Waals surface area contributed by atoms with Gasteiger partial charge in [0.25, 0.3) is 0 Å². The fourth-order valence-electron chi connectivity index (χ4n) is 2.23. The molecule has 0 fully saturated rings. The van der Waals surface area contributed by atoms with Crippen molar-refractivity contribution in [2.24, 2.45) is 0 Å². The number of urea groups is 1. The van der Waals surface area contributed by atoms with Crippen LogP contribution in [0, 0.1) is 0 Å². The van der Waals surface area contributed by atoms with Gasteiger partial charge in [-0.25, -0.2) is 4.79 Å². The summed E-state index contributed by atoms with van der Waals surface area (Å²) in [6, 6.07) is 19.9. The van der Waals surface area contributed by atoms with Crippen molar-refractivity contribution >= 4 is 17.3 Å². The molecule has 0 aliphatic carbocycles. The Kier molecular flexibility index (Phi) is 3.02. The minimum absolute atomic E-state index is 0.154. The summed E-state index contributed by atoms with van der Waals surface area (Å²) in [5.41, 5.74) is 4.13. The highest BCUT2D eigenvalue weighted by Gasteiger charge is 2.19. The zero-order valence-electron chi connectivity index (χ0n) is 10.4. The first-order valence-electron chi connectivity index (χ1n) is 6.23. The fraction of sp³-hybridized carbons (Fsp3) is 0.0625. The molecule has 1 aliphatic rings. The highest BCUT2D eigenvalue weighted by Crippen LogP contribution is 2.25. The molecular formula is C16H14N2O. The number of hydrogen-bond donors (Lipinski definition) is 2. The van der Waals surface area contributed by atoms with Crippen molar-refractivity contribution in [1.82, 2.24) is 10.6 Å². The van der Waals surface area contributed by atoms with E-state index in [2.05, 4.69) is 22.8 Å². The van der Waals surface area contributed by atoms with Crippen molar-refractivity contribution < 1.29 is 4.79 Å². The molecule has 0 atom stereocenters. The summed E-state index contributed by atoms with van der Waals surface area (Å²) >= 11 is 0. The van der Waals surface area contributed by atoms with Crippen LogP contribution in [0.15, 0.2) is 60.7 Å². The van der Waals surface area contributed by atoms with Crippen LogP contribution < -0.4 is 10.6 Å². The molecule has 1 heterocycles. The van der Waals surface area contributed by atoms with E-state index in [-0.39, 0.29) is 6.03 Å². The largest absolute Gasteiger partial charge is 0.334 e. The van der Waals surface area contributed by atoms with Gasteiger partial charge in [-0.3, -0.25) is 0 Å². The Morgan fingerprint density at radius 3 is 2.00 bits per heavy atom. The second-order valence-corrected chi connectivity index (χ2v) is 4.39. The lowest BCUT2D eigenvalue weighted by Gasteiger charge is -2.23. The van der Waals surface area contributed by atoms with Gasteiger partial charge in [-0.15, -0.1) is 0 Å². The number of amides is 2. The summed E-state index contributed by atoms with van der Waals surface area (Å²) in [6.45, 7) is 0.542. The predicted molar refractivity (Wildman–Crippen MR) is 76.2 cm³/mol. The van der Waals surface area contributed by atoms with Crippen molar-refractivity contribution in [1.29, 1.82) is 0 Å². The Labute approximate surface area is 112 Å². The zero-order valence-corrected chi connectivity index (χ0v) is 10.4. The summed E-state index contributed by atoms with van der Waals surface area (Å²) in [5, 5.41) is 5.73. The summed E-state index contributed by atoms with van der Waals surface area (Å²) in [6.07, 6.45) is 0. The molecule has 2 amide bonds. The Morgan fingerprint density at radius 1 is 0.789 bits per heavy atom. The first-order valence-corrected chi connectivity index (χ1v) is 6.23. The maximum absolute atomic E-state index is 11.6.